The number of carbonyl (C=O) groups excluding carboxylic acids is 1. The molecule has 1 aromatic rings. The molecule has 1 amide bonds. The van der Waals surface area contributed by atoms with Gasteiger partial charge in [-0.2, -0.15) is 4.99 Å². The third-order valence-corrected chi connectivity index (χ3v) is 1.94. The number of rotatable bonds is 1. The van der Waals surface area contributed by atoms with Gasteiger partial charge in [0.1, 0.15) is 6.10 Å². The Hall–Kier alpha value is -1.64. The van der Waals surface area contributed by atoms with Gasteiger partial charge in [-0.1, -0.05) is 30.3 Å². The number of nitrogens with zero attached hydrogens (tertiary/aromatic N) is 1. The van der Waals surface area contributed by atoms with Gasteiger partial charge in [-0.15, -0.1) is 0 Å². The summed E-state index contributed by atoms with van der Waals surface area (Å²) in [5.41, 5.74) is 1.66. The van der Waals surface area contributed by atoms with Crippen molar-refractivity contribution in [1.29, 1.82) is 0 Å². The predicted octanol–water partition coefficient (Wildman–Crippen LogP) is 2.01. The van der Waals surface area contributed by atoms with Gasteiger partial charge in [0, 0.05) is 5.56 Å². The van der Waals surface area contributed by atoms with E-state index in [0.29, 0.717) is 5.71 Å². The number of hydrogen-bond acceptors (Lipinski definition) is 2. The Kier molecular flexibility index (Phi) is 1.85. The summed E-state index contributed by atoms with van der Waals surface area (Å²) in [5, 5.41) is 0. The number of aliphatic imine (C=N–C) groups is 1. The summed E-state index contributed by atoms with van der Waals surface area (Å²) in [6.45, 7) is 1.82. The van der Waals surface area contributed by atoms with Gasteiger partial charge in [-0.25, -0.2) is 4.79 Å². The second kappa shape index (κ2) is 3.01. The zero-order chi connectivity index (χ0) is 9.26. The molecule has 1 atom stereocenters. The zero-order valence-corrected chi connectivity index (χ0v) is 7.23. The predicted molar refractivity (Wildman–Crippen MR) is 48.9 cm³/mol. The van der Waals surface area contributed by atoms with Crippen LogP contribution in [0.25, 0.3) is 0 Å². The summed E-state index contributed by atoms with van der Waals surface area (Å²) in [6, 6.07) is 9.57. The van der Waals surface area contributed by atoms with Crippen LogP contribution in [0.3, 0.4) is 0 Å². The van der Waals surface area contributed by atoms with Crippen LogP contribution in [0.15, 0.2) is 35.3 Å². The van der Waals surface area contributed by atoms with Gasteiger partial charge in [0.2, 0.25) is 0 Å². The summed E-state index contributed by atoms with van der Waals surface area (Å²) >= 11 is 0. The van der Waals surface area contributed by atoms with Crippen LogP contribution in [0.1, 0.15) is 12.5 Å². The molecule has 0 aromatic heterocycles. The minimum absolute atomic E-state index is 0.227. The summed E-state index contributed by atoms with van der Waals surface area (Å²) in [5.74, 6) is 0. The lowest BCUT2D eigenvalue weighted by Gasteiger charge is -2.04. The monoisotopic (exact) mass is 175 g/mol. The fraction of sp³-hybridized carbons (Fsp3) is 0.200. The van der Waals surface area contributed by atoms with E-state index in [2.05, 4.69) is 4.99 Å². The highest BCUT2D eigenvalue weighted by atomic mass is 16.6. The highest BCUT2D eigenvalue weighted by Gasteiger charge is 2.24. The van der Waals surface area contributed by atoms with Crippen molar-refractivity contribution in [2.75, 3.05) is 0 Å². The second-order valence-corrected chi connectivity index (χ2v) is 2.89. The zero-order valence-electron chi connectivity index (χ0n) is 7.23. The minimum atomic E-state index is -0.494. The molecule has 1 unspecified atom stereocenters. The maximum absolute atomic E-state index is 10.8. The van der Waals surface area contributed by atoms with Crippen LogP contribution in [0.4, 0.5) is 4.79 Å². The Balaban J connectivity index is 2.37. The molecular weight excluding hydrogens is 166 g/mol. The second-order valence-electron chi connectivity index (χ2n) is 2.89. The highest BCUT2D eigenvalue weighted by Crippen LogP contribution is 2.14. The number of amides is 1. The quantitative estimate of drug-likeness (QED) is 0.654. The molecule has 1 heterocycles. The van der Waals surface area contributed by atoms with Crippen molar-refractivity contribution in [2.45, 2.75) is 13.0 Å². The standard InChI is InChI=1S/C10H9NO2/c1-7-9(11-10(12)13-7)8-5-3-2-4-6-8/h2-7H,1H3. The normalized spacial score (nSPS) is 21.2. The van der Waals surface area contributed by atoms with Crippen molar-refractivity contribution in [3.63, 3.8) is 0 Å². The number of cyclic esters (lactones) is 1. The minimum Gasteiger partial charge on any atom is -0.438 e. The molecule has 0 fully saturated rings. The molecule has 0 saturated heterocycles. The van der Waals surface area contributed by atoms with Crippen molar-refractivity contribution in [3.8, 4) is 0 Å². The SMILES string of the molecule is CC1OC(=O)N=C1c1ccccc1. The smallest absolute Gasteiger partial charge is 0.434 e. The molecule has 1 aliphatic rings. The number of hydrogen-bond donors (Lipinski definition) is 0. The third-order valence-electron chi connectivity index (χ3n) is 1.94. The van der Waals surface area contributed by atoms with Crippen LogP contribution < -0.4 is 0 Å². The van der Waals surface area contributed by atoms with Crippen LogP contribution >= 0.6 is 0 Å². The van der Waals surface area contributed by atoms with E-state index >= 15 is 0 Å². The number of benzene rings is 1. The molecular formula is C10H9NO2. The van der Waals surface area contributed by atoms with Crippen LogP contribution in [-0.2, 0) is 4.74 Å². The molecule has 0 bridgehead atoms. The van der Waals surface area contributed by atoms with E-state index in [1.54, 1.807) is 0 Å². The summed E-state index contributed by atoms with van der Waals surface area (Å²) in [6.07, 6.45) is -0.721. The molecule has 0 aliphatic carbocycles. The summed E-state index contributed by atoms with van der Waals surface area (Å²) < 4.78 is 4.89. The molecule has 1 aliphatic heterocycles. The Morgan fingerprint density at radius 3 is 2.54 bits per heavy atom. The van der Waals surface area contributed by atoms with Crippen LogP contribution in [0, 0.1) is 0 Å². The Bertz CT molecular complexity index is 356. The molecule has 2 rings (SSSR count). The maximum Gasteiger partial charge on any atom is 0.434 e. The largest absolute Gasteiger partial charge is 0.438 e. The first-order valence-corrected chi connectivity index (χ1v) is 4.12. The molecule has 3 heteroatoms. The van der Waals surface area contributed by atoms with E-state index in [1.807, 2.05) is 37.3 Å². The Morgan fingerprint density at radius 1 is 1.31 bits per heavy atom. The molecule has 13 heavy (non-hydrogen) atoms. The van der Waals surface area contributed by atoms with Gasteiger partial charge in [-0.3, -0.25) is 0 Å². The maximum atomic E-state index is 10.8. The van der Waals surface area contributed by atoms with Crippen molar-refractivity contribution >= 4 is 11.8 Å². The molecule has 0 N–H and O–H groups in total. The Labute approximate surface area is 76.1 Å². The number of ether oxygens (including phenoxy) is 1. The van der Waals surface area contributed by atoms with Crippen molar-refractivity contribution in [3.05, 3.63) is 35.9 Å². The highest BCUT2D eigenvalue weighted by molar-refractivity contribution is 6.11. The van der Waals surface area contributed by atoms with Gasteiger partial charge in [-0.05, 0) is 6.92 Å². The lowest BCUT2D eigenvalue weighted by atomic mass is 10.1. The molecule has 0 radical (unpaired) electrons. The van der Waals surface area contributed by atoms with Crippen LogP contribution in [0.2, 0.25) is 0 Å². The number of carbonyl (C=O) groups is 1. The van der Waals surface area contributed by atoms with Crippen molar-refractivity contribution in [2.24, 2.45) is 4.99 Å². The molecule has 0 spiro atoms. The van der Waals surface area contributed by atoms with E-state index in [1.165, 1.54) is 0 Å². The average Bonchev–Trinajstić information content (AvgIpc) is 2.47. The molecule has 0 saturated carbocycles. The first kappa shape index (κ1) is 7.98. The molecule has 1 aromatic carbocycles. The van der Waals surface area contributed by atoms with E-state index in [4.69, 9.17) is 4.74 Å². The van der Waals surface area contributed by atoms with Crippen LogP contribution in [-0.4, -0.2) is 17.9 Å². The molecule has 66 valence electrons. The van der Waals surface area contributed by atoms with Gasteiger partial charge < -0.3 is 4.74 Å². The first-order chi connectivity index (χ1) is 6.27. The molecule has 3 nitrogen and oxygen atoms in total. The lowest BCUT2D eigenvalue weighted by Crippen LogP contribution is -2.15. The lowest BCUT2D eigenvalue weighted by molar-refractivity contribution is 0.155. The van der Waals surface area contributed by atoms with Crippen molar-refractivity contribution < 1.29 is 9.53 Å². The van der Waals surface area contributed by atoms with Gasteiger partial charge in [0.15, 0.2) is 0 Å². The van der Waals surface area contributed by atoms with E-state index in [0.717, 1.165) is 5.56 Å². The summed E-state index contributed by atoms with van der Waals surface area (Å²) in [4.78, 5) is 14.6. The third kappa shape index (κ3) is 1.45. The van der Waals surface area contributed by atoms with Gasteiger partial charge in [0.05, 0.1) is 5.71 Å². The van der Waals surface area contributed by atoms with Crippen molar-refractivity contribution in [1.82, 2.24) is 0 Å². The van der Waals surface area contributed by atoms with E-state index in [-0.39, 0.29) is 6.10 Å². The van der Waals surface area contributed by atoms with Gasteiger partial charge in [0.25, 0.3) is 0 Å². The summed E-state index contributed by atoms with van der Waals surface area (Å²) in [7, 11) is 0. The fourth-order valence-electron chi connectivity index (χ4n) is 1.33. The Morgan fingerprint density at radius 2 is 2.00 bits per heavy atom. The van der Waals surface area contributed by atoms with E-state index < -0.39 is 6.09 Å². The fourth-order valence-corrected chi connectivity index (χ4v) is 1.33. The van der Waals surface area contributed by atoms with Gasteiger partial charge >= 0.3 is 6.09 Å². The van der Waals surface area contributed by atoms with E-state index in [9.17, 15) is 4.79 Å². The van der Waals surface area contributed by atoms with Crippen LogP contribution in [0.5, 0.6) is 0 Å². The average molecular weight is 175 g/mol. The topological polar surface area (TPSA) is 38.7 Å². The first-order valence-electron chi connectivity index (χ1n) is 4.12.